The molecule has 0 aliphatic heterocycles. The summed E-state index contributed by atoms with van der Waals surface area (Å²) >= 11 is 0.864. The highest BCUT2D eigenvalue weighted by molar-refractivity contribution is 7.08. The Morgan fingerprint density at radius 1 is 1.00 bits per heavy atom. The van der Waals surface area contributed by atoms with Gasteiger partial charge in [-0.3, -0.25) is 9.78 Å². The summed E-state index contributed by atoms with van der Waals surface area (Å²) in [6.45, 7) is 0. The van der Waals surface area contributed by atoms with Gasteiger partial charge < -0.3 is 5.32 Å². The fourth-order valence-corrected chi connectivity index (χ4v) is 3.97. The second kappa shape index (κ2) is 7.63. The van der Waals surface area contributed by atoms with Crippen LogP contribution in [0.2, 0.25) is 0 Å². The maximum atomic E-state index is 12.8. The number of hydrogen-bond acceptors (Lipinski definition) is 4. The van der Waals surface area contributed by atoms with Crippen LogP contribution in [0.4, 0.5) is 32.0 Å². The Balaban J connectivity index is 1.63. The second-order valence-corrected chi connectivity index (χ2v) is 7.78. The maximum Gasteiger partial charge on any atom is 0.433 e. The smallest absolute Gasteiger partial charge is 0.321 e. The van der Waals surface area contributed by atoms with Crippen LogP contribution >= 0.6 is 11.5 Å². The van der Waals surface area contributed by atoms with Crippen LogP contribution in [0.25, 0.3) is 11.3 Å². The zero-order valence-electron chi connectivity index (χ0n) is 15.5. The first kappa shape index (κ1) is 21.3. The van der Waals surface area contributed by atoms with E-state index in [0.29, 0.717) is 16.8 Å². The summed E-state index contributed by atoms with van der Waals surface area (Å²) in [4.78, 5) is 16.2. The summed E-state index contributed by atoms with van der Waals surface area (Å²) in [5, 5.41) is 2.43. The number of benzene rings is 1. The average Bonchev–Trinajstić information content (AvgIpc) is 3.44. The van der Waals surface area contributed by atoms with Crippen molar-refractivity contribution >= 4 is 23.1 Å². The Labute approximate surface area is 176 Å². The van der Waals surface area contributed by atoms with Crippen molar-refractivity contribution in [1.29, 1.82) is 0 Å². The van der Waals surface area contributed by atoms with Gasteiger partial charge in [0, 0.05) is 23.0 Å². The fourth-order valence-electron chi connectivity index (χ4n) is 3.09. The molecule has 1 aromatic carbocycles. The second-order valence-electron chi connectivity index (χ2n) is 7.01. The predicted octanol–water partition coefficient (Wildman–Crippen LogP) is 6.37. The van der Waals surface area contributed by atoms with Gasteiger partial charge in [-0.2, -0.15) is 30.7 Å². The van der Waals surface area contributed by atoms with Gasteiger partial charge in [-0.15, -0.1) is 0 Å². The minimum absolute atomic E-state index is 0.0277. The standard InChI is InChI=1S/C20H13F6N3OS/c21-19(22,23)12-5-3-11(4-6-12)16-15(10-1-2-10)17(31-29-16)18(30)28-13-7-8-27-14(9-13)20(24,25)26/h3-10H,1-2H2,(H,27,28,30). The number of pyridine rings is 1. The summed E-state index contributed by atoms with van der Waals surface area (Å²) in [5.41, 5.74) is -0.547. The van der Waals surface area contributed by atoms with E-state index in [1.807, 2.05) is 0 Å². The maximum absolute atomic E-state index is 12.8. The number of amides is 1. The summed E-state index contributed by atoms with van der Waals surface area (Å²) in [6.07, 6.45) is -6.59. The molecule has 1 fully saturated rings. The van der Waals surface area contributed by atoms with Crippen molar-refractivity contribution < 1.29 is 31.1 Å². The Kier molecular flexibility index (Phi) is 5.24. The molecule has 31 heavy (non-hydrogen) atoms. The normalized spacial score (nSPS) is 14.5. The monoisotopic (exact) mass is 457 g/mol. The van der Waals surface area contributed by atoms with E-state index in [9.17, 15) is 31.1 Å². The van der Waals surface area contributed by atoms with Gasteiger partial charge in [0.1, 0.15) is 10.6 Å². The van der Waals surface area contributed by atoms with Crippen molar-refractivity contribution in [3.8, 4) is 11.3 Å². The van der Waals surface area contributed by atoms with Crippen LogP contribution in [0.5, 0.6) is 0 Å². The lowest BCUT2D eigenvalue weighted by molar-refractivity contribution is -0.141. The number of rotatable bonds is 4. The highest BCUT2D eigenvalue weighted by Crippen LogP contribution is 2.47. The van der Waals surface area contributed by atoms with Crippen LogP contribution in [-0.2, 0) is 12.4 Å². The van der Waals surface area contributed by atoms with Crippen LogP contribution in [0.1, 0.15) is 45.3 Å². The van der Waals surface area contributed by atoms with Crippen molar-refractivity contribution in [2.24, 2.45) is 0 Å². The molecule has 0 spiro atoms. The number of carbonyl (C=O) groups excluding carboxylic acids is 1. The first-order chi connectivity index (χ1) is 14.5. The Morgan fingerprint density at radius 2 is 1.68 bits per heavy atom. The molecule has 0 saturated heterocycles. The van der Waals surface area contributed by atoms with Crippen LogP contribution < -0.4 is 5.32 Å². The SMILES string of the molecule is O=C(Nc1ccnc(C(F)(F)F)c1)c1snc(-c2ccc(C(F)(F)F)cc2)c1C1CC1. The van der Waals surface area contributed by atoms with Crippen LogP contribution in [0, 0.1) is 0 Å². The molecule has 0 unspecified atom stereocenters. The van der Waals surface area contributed by atoms with Gasteiger partial charge in [0.2, 0.25) is 0 Å². The highest BCUT2D eigenvalue weighted by atomic mass is 32.1. The Morgan fingerprint density at radius 3 is 2.26 bits per heavy atom. The minimum Gasteiger partial charge on any atom is -0.321 e. The van der Waals surface area contributed by atoms with E-state index in [4.69, 9.17) is 0 Å². The van der Waals surface area contributed by atoms with Gasteiger partial charge in [0.25, 0.3) is 5.91 Å². The van der Waals surface area contributed by atoms with E-state index in [0.717, 1.165) is 48.8 Å². The number of nitrogens with one attached hydrogen (secondary N) is 1. The van der Waals surface area contributed by atoms with Gasteiger partial charge in [-0.25, -0.2) is 0 Å². The lowest BCUT2D eigenvalue weighted by Crippen LogP contribution is -2.14. The van der Waals surface area contributed by atoms with Gasteiger partial charge in [-0.1, -0.05) is 12.1 Å². The third kappa shape index (κ3) is 4.55. The largest absolute Gasteiger partial charge is 0.433 e. The van der Waals surface area contributed by atoms with Gasteiger partial charge >= 0.3 is 12.4 Å². The first-order valence-corrected chi connectivity index (χ1v) is 9.83. The van der Waals surface area contributed by atoms with Crippen molar-refractivity contribution in [3.05, 3.63) is 64.3 Å². The van der Waals surface area contributed by atoms with Crippen molar-refractivity contribution in [1.82, 2.24) is 9.36 Å². The molecule has 3 aromatic rings. The van der Waals surface area contributed by atoms with E-state index >= 15 is 0 Å². The number of alkyl halides is 6. The van der Waals surface area contributed by atoms with Crippen LogP contribution in [0.15, 0.2) is 42.6 Å². The molecule has 1 aliphatic carbocycles. The average molecular weight is 457 g/mol. The summed E-state index contributed by atoms with van der Waals surface area (Å²) < 4.78 is 81.3. The van der Waals surface area contributed by atoms with Crippen LogP contribution in [0.3, 0.4) is 0 Å². The Bertz CT molecular complexity index is 1120. The number of halogens is 6. The summed E-state index contributed by atoms with van der Waals surface area (Å²) in [6, 6.07) is 6.45. The Hall–Kier alpha value is -2.95. The summed E-state index contributed by atoms with van der Waals surface area (Å²) in [5.74, 6) is -0.600. The fraction of sp³-hybridized carbons (Fsp3) is 0.250. The van der Waals surface area contributed by atoms with Crippen molar-refractivity contribution in [3.63, 3.8) is 0 Å². The molecular weight excluding hydrogens is 444 g/mol. The van der Waals surface area contributed by atoms with E-state index in [-0.39, 0.29) is 16.5 Å². The topological polar surface area (TPSA) is 54.9 Å². The van der Waals surface area contributed by atoms with Crippen molar-refractivity contribution in [2.45, 2.75) is 31.1 Å². The zero-order valence-corrected chi connectivity index (χ0v) is 16.3. The summed E-state index contributed by atoms with van der Waals surface area (Å²) in [7, 11) is 0. The molecule has 0 bridgehead atoms. The van der Waals surface area contributed by atoms with Gasteiger partial charge in [0.15, 0.2) is 0 Å². The molecule has 162 valence electrons. The molecule has 0 atom stereocenters. The van der Waals surface area contributed by atoms with E-state index in [1.54, 1.807) is 0 Å². The number of aromatic nitrogens is 2. The number of carbonyl (C=O) groups is 1. The molecular formula is C20H13F6N3OS. The van der Waals surface area contributed by atoms with E-state index < -0.39 is 29.5 Å². The number of anilines is 1. The number of hydrogen-bond donors (Lipinski definition) is 1. The molecule has 0 radical (unpaired) electrons. The third-order valence-corrected chi connectivity index (χ3v) is 5.58. The number of nitrogens with zero attached hydrogens (tertiary/aromatic N) is 2. The minimum atomic E-state index is -4.65. The molecule has 11 heteroatoms. The van der Waals surface area contributed by atoms with Crippen LogP contribution in [-0.4, -0.2) is 15.3 Å². The molecule has 1 saturated carbocycles. The van der Waals surface area contributed by atoms with Gasteiger partial charge in [-0.05, 0) is 54.6 Å². The molecule has 1 amide bonds. The third-order valence-electron chi connectivity index (χ3n) is 4.71. The quantitative estimate of drug-likeness (QED) is 0.463. The lowest BCUT2D eigenvalue weighted by Gasteiger charge is -2.10. The van der Waals surface area contributed by atoms with Crippen molar-refractivity contribution in [2.75, 3.05) is 5.32 Å². The van der Waals surface area contributed by atoms with E-state index in [2.05, 4.69) is 14.7 Å². The first-order valence-electron chi connectivity index (χ1n) is 9.06. The highest BCUT2D eigenvalue weighted by Gasteiger charge is 2.35. The molecule has 2 aromatic heterocycles. The predicted molar refractivity (Wildman–Crippen MR) is 102 cm³/mol. The zero-order chi connectivity index (χ0) is 22.4. The van der Waals surface area contributed by atoms with Gasteiger partial charge in [0.05, 0.1) is 11.3 Å². The van der Waals surface area contributed by atoms with E-state index in [1.165, 1.54) is 18.2 Å². The molecule has 1 N–H and O–H groups in total. The lowest BCUT2D eigenvalue weighted by atomic mass is 10.0. The molecule has 2 heterocycles. The molecule has 1 aliphatic rings. The molecule has 4 rings (SSSR count). The molecule has 4 nitrogen and oxygen atoms in total.